The minimum Gasteiger partial charge on any atom is -0.465 e. The van der Waals surface area contributed by atoms with E-state index in [4.69, 9.17) is 11.6 Å². The van der Waals surface area contributed by atoms with Gasteiger partial charge in [-0.2, -0.15) is 4.39 Å². The molecule has 0 aliphatic carbocycles. The van der Waals surface area contributed by atoms with Crippen LogP contribution in [0, 0.1) is 0 Å². The highest BCUT2D eigenvalue weighted by Crippen LogP contribution is 2.42. The molecule has 7 heteroatoms. The number of carbonyl (C=O) groups excluding carboxylic acids is 1. The highest BCUT2D eigenvalue weighted by molar-refractivity contribution is 6.34. The maximum atomic E-state index is 15.0. The zero-order valence-electron chi connectivity index (χ0n) is 11.0. The Hall–Kier alpha value is -2.34. The summed E-state index contributed by atoms with van der Waals surface area (Å²) in [5.41, 5.74) is 1.04. The minimum absolute atomic E-state index is 0.296. The molecule has 108 valence electrons. The normalized spacial score (nSPS) is 19.4. The minimum atomic E-state index is -2.03. The number of carbonyl (C=O) groups is 1. The number of methoxy groups -OCH3 is 1. The van der Waals surface area contributed by atoms with Crippen molar-refractivity contribution in [3.63, 3.8) is 0 Å². The summed E-state index contributed by atoms with van der Waals surface area (Å²) in [6.45, 7) is 0. The number of esters is 1. The van der Waals surface area contributed by atoms with E-state index in [1.165, 1.54) is 37.6 Å². The SMILES string of the molecule is COC(=O)c1ccc(C2(F)Nc3nccc(Cl)c3N2)cc1. The summed E-state index contributed by atoms with van der Waals surface area (Å²) in [7, 11) is 1.29. The van der Waals surface area contributed by atoms with Gasteiger partial charge in [0.25, 0.3) is 5.92 Å². The number of nitrogens with zero attached hydrogens (tertiary/aromatic N) is 1. The van der Waals surface area contributed by atoms with Gasteiger partial charge >= 0.3 is 5.97 Å². The van der Waals surface area contributed by atoms with Crippen LogP contribution in [0.5, 0.6) is 0 Å². The second-order valence-corrected chi connectivity index (χ2v) is 4.90. The Kier molecular flexibility index (Phi) is 3.17. The van der Waals surface area contributed by atoms with Gasteiger partial charge in [0.1, 0.15) is 5.69 Å². The number of alkyl halides is 1. The monoisotopic (exact) mass is 307 g/mol. The molecule has 0 spiro atoms. The molecule has 3 rings (SSSR count). The Bertz CT molecular complexity index is 708. The Labute approximate surface area is 125 Å². The van der Waals surface area contributed by atoms with Crippen LogP contribution < -0.4 is 10.6 Å². The zero-order chi connectivity index (χ0) is 15.0. The van der Waals surface area contributed by atoms with E-state index in [0.717, 1.165) is 0 Å². The molecule has 2 heterocycles. The van der Waals surface area contributed by atoms with Gasteiger partial charge in [-0.1, -0.05) is 23.7 Å². The third kappa shape index (κ3) is 2.27. The predicted molar refractivity (Wildman–Crippen MR) is 77.1 cm³/mol. The van der Waals surface area contributed by atoms with Crippen molar-refractivity contribution in [2.24, 2.45) is 0 Å². The van der Waals surface area contributed by atoms with Crippen molar-refractivity contribution in [3.8, 4) is 0 Å². The molecule has 2 N–H and O–H groups in total. The molecule has 2 aromatic rings. The average molecular weight is 308 g/mol. The zero-order valence-corrected chi connectivity index (χ0v) is 11.7. The Morgan fingerprint density at radius 1 is 1.29 bits per heavy atom. The Balaban J connectivity index is 1.91. The molecule has 0 saturated carbocycles. The van der Waals surface area contributed by atoms with Crippen LogP contribution in [0.3, 0.4) is 0 Å². The largest absolute Gasteiger partial charge is 0.465 e. The highest BCUT2D eigenvalue weighted by atomic mass is 35.5. The average Bonchev–Trinajstić information content (AvgIpc) is 2.86. The molecule has 1 aliphatic heterocycles. The predicted octanol–water partition coefficient (Wildman–Crippen LogP) is 3.14. The lowest BCUT2D eigenvalue weighted by Gasteiger charge is -2.21. The van der Waals surface area contributed by atoms with Crippen molar-refractivity contribution in [1.29, 1.82) is 0 Å². The van der Waals surface area contributed by atoms with E-state index >= 15 is 0 Å². The number of fused-ring (bicyclic) bond motifs is 1. The summed E-state index contributed by atoms with van der Waals surface area (Å²) in [6, 6.07) is 7.53. The summed E-state index contributed by atoms with van der Waals surface area (Å²) in [4.78, 5) is 15.4. The Morgan fingerprint density at radius 3 is 2.62 bits per heavy atom. The van der Waals surface area contributed by atoms with E-state index in [1.54, 1.807) is 6.07 Å². The van der Waals surface area contributed by atoms with E-state index in [1.807, 2.05) is 0 Å². The summed E-state index contributed by atoms with van der Waals surface area (Å²) in [5.74, 6) is -2.17. The number of nitrogens with one attached hydrogen (secondary N) is 2. The van der Waals surface area contributed by atoms with E-state index in [-0.39, 0.29) is 0 Å². The van der Waals surface area contributed by atoms with Gasteiger partial charge in [0, 0.05) is 11.8 Å². The van der Waals surface area contributed by atoms with Crippen LogP contribution in [0.1, 0.15) is 15.9 Å². The molecule has 0 amide bonds. The maximum absolute atomic E-state index is 15.0. The molecule has 1 aromatic carbocycles. The van der Waals surface area contributed by atoms with Gasteiger partial charge in [-0.15, -0.1) is 0 Å². The molecule has 1 aliphatic rings. The number of hydrogen-bond donors (Lipinski definition) is 2. The third-order valence-corrected chi connectivity index (χ3v) is 3.51. The lowest BCUT2D eigenvalue weighted by atomic mass is 10.1. The molecule has 5 nitrogen and oxygen atoms in total. The number of anilines is 2. The second kappa shape index (κ2) is 4.89. The Morgan fingerprint density at radius 2 is 2.00 bits per heavy atom. The van der Waals surface area contributed by atoms with Crippen LogP contribution in [-0.4, -0.2) is 18.1 Å². The van der Waals surface area contributed by atoms with Gasteiger partial charge in [0.2, 0.25) is 0 Å². The molecule has 0 radical (unpaired) electrons. The number of pyridine rings is 1. The number of halogens is 2. The summed E-state index contributed by atoms with van der Waals surface area (Å²) < 4.78 is 19.6. The van der Waals surface area contributed by atoms with Crippen LogP contribution >= 0.6 is 11.6 Å². The molecule has 0 saturated heterocycles. The van der Waals surface area contributed by atoms with Crippen molar-refractivity contribution in [2.75, 3.05) is 17.7 Å². The summed E-state index contributed by atoms with van der Waals surface area (Å²) in [5, 5.41) is 5.68. The topological polar surface area (TPSA) is 63.2 Å². The molecular formula is C14H11ClFN3O2. The first kappa shape index (κ1) is 13.6. The van der Waals surface area contributed by atoms with Crippen molar-refractivity contribution < 1.29 is 13.9 Å². The number of aromatic nitrogens is 1. The number of rotatable bonds is 2. The van der Waals surface area contributed by atoms with Crippen molar-refractivity contribution >= 4 is 29.1 Å². The molecular weight excluding hydrogens is 297 g/mol. The van der Waals surface area contributed by atoms with Crippen molar-refractivity contribution in [1.82, 2.24) is 4.98 Å². The van der Waals surface area contributed by atoms with Crippen molar-refractivity contribution in [3.05, 3.63) is 52.7 Å². The molecule has 0 bridgehead atoms. The fraction of sp³-hybridized carbons (Fsp3) is 0.143. The molecule has 0 fully saturated rings. The van der Waals surface area contributed by atoms with Gasteiger partial charge in [-0.3, -0.25) is 0 Å². The number of hydrogen-bond acceptors (Lipinski definition) is 5. The van der Waals surface area contributed by atoms with E-state index in [9.17, 15) is 9.18 Å². The molecule has 1 unspecified atom stereocenters. The maximum Gasteiger partial charge on any atom is 0.337 e. The summed E-state index contributed by atoms with van der Waals surface area (Å²) in [6.07, 6.45) is 1.49. The fourth-order valence-electron chi connectivity index (χ4n) is 2.12. The quantitative estimate of drug-likeness (QED) is 0.659. The standard InChI is InChI=1S/C14H11ClFN3O2/c1-21-13(20)8-2-4-9(5-3-8)14(16)18-11-10(15)6-7-17-12(11)19-14/h2-7,18H,1H3,(H,17,19). The van der Waals surface area contributed by atoms with Gasteiger partial charge in [0.05, 0.1) is 17.7 Å². The fourth-order valence-corrected chi connectivity index (χ4v) is 2.31. The van der Waals surface area contributed by atoms with Gasteiger partial charge in [-0.25, -0.2) is 9.78 Å². The van der Waals surface area contributed by atoms with E-state index in [2.05, 4.69) is 20.4 Å². The number of ether oxygens (including phenoxy) is 1. The van der Waals surface area contributed by atoms with E-state index < -0.39 is 11.9 Å². The van der Waals surface area contributed by atoms with Crippen LogP contribution in [0.15, 0.2) is 36.5 Å². The van der Waals surface area contributed by atoms with Gasteiger partial charge in [-0.05, 0) is 18.2 Å². The molecule has 21 heavy (non-hydrogen) atoms. The van der Waals surface area contributed by atoms with Gasteiger partial charge < -0.3 is 15.4 Å². The van der Waals surface area contributed by atoms with E-state index in [0.29, 0.717) is 27.7 Å². The lowest BCUT2D eigenvalue weighted by molar-refractivity contribution is 0.0600. The first-order valence-corrected chi connectivity index (χ1v) is 6.50. The summed E-state index contributed by atoms with van der Waals surface area (Å²) >= 11 is 6.00. The lowest BCUT2D eigenvalue weighted by Crippen LogP contribution is -2.33. The van der Waals surface area contributed by atoms with Gasteiger partial charge in [0.15, 0.2) is 5.82 Å². The molecule has 1 atom stereocenters. The highest BCUT2D eigenvalue weighted by Gasteiger charge is 2.40. The van der Waals surface area contributed by atoms with Crippen LogP contribution in [-0.2, 0) is 10.7 Å². The van der Waals surface area contributed by atoms with Crippen LogP contribution in [0.4, 0.5) is 15.9 Å². The molecule has 1 aromatic heterocycles. The van der Waals surface area contributed by atoms with Crippen LogP contribution in [0.2, 0.25) is 5.02 Å². The first-order chi connectivity index (χ1) is 10.0. The third-order valence-electron chi connectivity index (χ3n) is 3.19. The number of benzene rings is 1. The second-order valence-electron chi connectivity index (χ2n) is 4.49. The smallest absolute Gasteiger partial charge is 0.337 e. The first-order valence-electron chi connectivity index (χ1n) is 6.12. The van der Waals surface area contributed by atoms with Crippen molar-refractivity contribution in [2.45, 2.75) is 5.92 Å². The van der Waals surface area contributed by atoms with Crippen LogP contribution in [0.25, 0.3) is 0 Å².